The van der Waals surface area contributed by atoms with Crippen molar-refractivity contribution in [3.05, 3.63) is 0 Å². The van der Waals surface area contributed by atoms with Crippen LogP contribution in [0.4, 0.5) is 0 Å². The van der Waals surface area contributed by atoms with Crippen LogP contribution in [0.2, 0.25) is 0 Å². The van der Waals surface area contributed by atoms with E-state index in [1.54, 1.807) is 6.92 Å². The van der Waals surface area contributed by atoms with Gasteiger partial charge in [0.2, 0.25) is 0 Å². The van der Waals surface area contributed by atoms with Gasteiger partial charge in [0.05, 0.1) is 6.10 Å². The van der Waals surface area contributed by atoms with E-state index in [1.165, 1.54) is 0 Å². The minimum atomic E-state index is -0.318. The molecule has 2 unspecified atom stereocenters. The average molecular weight is 189 g/mol. The predicted molar refractivity (Wildman–Crippen MR) is 54.7 cm³/mol. The standard InChI is InChI=1S/C10H23NO2/c1-8(2)11(6-5-7-12)9(3)10(4)13/h8-10,12-13H,5-7H2,1-4H3. The van der Waals surface area contributed by atoms with Crippen molar-refractivity contribution in [1.29, 1.82) is 0 Å². The van der Waals surface area contributed by atoms with E-state index in [0.717, 1.165) is 13.0 Å². The lowest BCUT2D eigenvalue weighted by Crippen LogP contribution is -2.45. The third kappa shape index (κ3) is 4.60. The molecule has 0 aromatic rings. The van der Waals surface area contributed by atoms with Gasteiger partial charge < -0.3 is 10.2 Å². The summed E-state index contributed by atoms with van der Waals surface area (Å²) in [7, 11) is 0. The molecule has 0 saturated carbocycles. The molecule has 0 heterocycles. The third-order valence-electron chi connectivity index (χ3n) is 2.46. The Kier molecular flexibility index (Phi) is 6.29. The van der Waals surface area contributed by atoms with Gasteiger partial charge in [-0.1, -0.05) is 0 Å². The normalized spacial score (nSPS) is 16.6. The third-order valence-corrected chi connectivity index (χ3v) is 2.46. The lowest BCUT2D eigenvalue weighted by atomic mass is 10.1. The zero-order valence-corrected chi connectivity index (χ0v) is 9.20. The molecule has 2 N–H and O–H groups in total. The summed E-state index contributed by atoms with van der Waals surface area (Å²) in [4.78, 5) is 2.21. The van der Waals surface area contributed by atoms with Crippen molar-refractivity contribution in [1.82, 2.24) is 4.90 Å². The Balaban J connectivity index is 4.07. The van der Waals surface area contributed by atoms with Crippen LogP contribution in [0.3, 0.4) is 0 Å². The number of aliphatic hydroxyl groups excluding tert-OH is 2. The fourth-order valence-corrected chi connectivity index (χ4v) is 1.46. The second kappa shape index (κ2) is 6.35. The van der Waals surface area contributed by atoms with Gasteiger partial charge in [-0.2, -0.15) is 0 Å². The lowest BCUT2D eigenvalue weighted by molar-refractivity contribution is 0.0477. The summed E-state index contributed by atoms with van der Waals surface area (Å²) in [5, 5.41) is 18.2. The van der Waals surface area contributed by atoms with Gasteiger partial charge in [0, 0.05) is 25.2 Å². The Morgan fingerprint density at radius 1 is 1.15 bits per heavy atom. The molecule has 0 aromatic heterocycles. The second-order valence-corrected chi connectivity index (χ2v) is 3.89. The van der Waals surface area contributed by atoms with E-state index in [1.807, 2.05) is 6.92 Å². The first kappa shape index (κ1) is 12.9. The van der Waals surface area contributed by atoms with Crippen LogP contribution in [0.15, 0.2) is 0 Å². The maximum absolute atomic E-state index is 9.44. The molecule has 0 amide bonds. The fourth-order valence-electron chi connectivity index (χ4n) is 1.46. The summed E-state index contributed by atoms with van der Waals surface area (Å²) in [5.41, 5.74) is 0. The summed E-state index contributed by atoms with van der Waals surface area (Å²) in [6.07, 6.45) is 0.455. The highest BCUT2D eigenvalue weighted by molar-refractivity contribution is 4.74. The van der Waals surface area contributed by atoms with Crippen molar-refractivity contribution in [2.24, 2.45) is 0 Å². The Morgan fingerprint density at radius 2 is 1.69 bits per heavy atom. The molecule has 0 radical (unpaired) electrons. The Hall–Kier alpha value is -0.120. The molecule has 3 heteroatoms. The van der Waals surface area contributed by atoms with Gasteiger partial charge in [0.25, 0.3) is 0 Å². The van der Waals surface area contributed by atoms with Gasteiger partial charge in [-0.05, 0) is 34.1 Å². The van der Waals surface area contributed by atoms with E-state index in [-0.39, 0.29) is 18.8 Å². The minimum Gasteiger partial charge on any atom is -0.396 e. The molecule has 0 aliphatic carbocycles. The summed E-state index contributed by atoms with van der Waals surface area (Å²) in [5.74, 6) is 0. The Bertz CT molecular complexity index is 126. The molecule has 80 valence electrons. The monoisotopic (exact) mass is 189 g/mol. The molecule has 0 rings (SSSR count). The molecular weight excluding hydrogens is 166 g/mol. The van der Waals surface area contributed by atoms with Gasteiger partial charge in [0.15, 0.2) is 0 Å². The largest absolute Gasteiger partial charge is 0.396 e. The zero-order chi connectivity index (χ0) is 10.4. The van der Waals surface area contributed by atoms with Crippen LogP contribution in [0.1, 0.15) is 34.1 Å². The Labute approximate surface area is 81.4 Å². The highest BCUT2D eigenvalue weighted by atomic mass is 16.3. The van der Waals surface area contributed by atoms with Crippen molar-refractivity contribution in [3.8, 4) is 0 Å². The van der Waals surface area contributed by atoms with Gasteiger partial charge >= 0.3 is 0 Å². The SMILES string of the molecule is CC(O)C(C)N(CCCO)C(C)C. The zero-order valence-electron chi connectivity index (χ0n) is 9.20. The first-order valence-electron chi connectivity index (χ1n) is 5.05. The summed E-state index contributed by atoms with van der Waals surface area (Å²) in [6.45, 7) is 9.10. The summed E-state index contributed by atoms with van der Waals surface area (Å²) < 4.78 is 0. The molecule has 3 nitrogen and oxygen atoms in total. The molecule has 0 aromatic carbocycles. The van der Waals surface area contributed by atoms with Crippen LogP contribution in [0.5, 0.6) is 0 Å². The van der Waals surface area contributed by atoms with E-state index in [9.17, 15) is 5.11 Å². The number of aliphatic hydroxyl groups is 2. The first-order valence-corrected chi connectivity index (χ1v) is 5.05. The highest BCUT2D eigenvalue weighted by Crippen LogP contribution is 2.09. The lowest BCUT2D eigenvalue weighted by Gasteiger charge is -2.34. The fraction of sp³-hybridized carbons (Fsp3) is 1.00. The van der Waals surface area contributed by atoms with Crippen LogP contribution in [0, 0.1) is 0 Å². The van der Waals surface area contributed by atoms with Crippen LogP contribution in [0.25, 0.3) is 0 Å². The molecular formula is C10H23NO2. The van der Waals surface area contributed by atoms with Gasteiger partial charge in [0.1, 0.15) is 0 Å². The molecule has 13 heavy (non-hydrogen) atoms. The first-order chi connectivity index (χ1) is 6.00. The van der Waals surface area contributed by atoms with Crippen molar-refractivity contribution >= 4 is 0 Å². The summed E-state index contributed by atoms with van der Waals surface area (Å²) in [6, 6.07) is 0.572. The topological polar surface area (TPSA) is 43.7 Å². The maximum atomic E-state index is 9.44. The number of nitrogens with zero attached hydrogens (tertiary/aromatic N) is 1. The summed E-state index contributed by atoms with van der Waals surface area (Å²) >= 11 is 0. The van der Waals surface area contributed by atoms with Gasteiger partial charge in [-0.25, -0.2) is 0 Å². The van der Waals surface area contributed by atoms with Crippen LogP contribution < -0.4 is 0 Å². The number of rotatable bonds is 6. The number of hydrogen-bond acceptors (Lipinski definition) is 3. The average Bonchev–Trinajstić information content (AvgIpc) is 2.04. The van der Waals surface area contributed by atoms with Crippen molar-refractivity contribution < 1.29 is 10.2 Å². The predicted octanol–water partition coefficient (Wildman–Crippen LogP) is 0.848. The van der Waals surface area contributed by atoms with Crippen LogP contribution >= 0.6 is 0 Å². The van der Waals surface area contributed by atoms with Crippen LogP contribution in [-0.2, 0) is 0 Å². The molecule has 0 aliphatic rings. The van der Waals surface area contributed by atoms with Crippen molar-refractivity contribution in [2.45, 2.75) is 52.3 Å². The Morgan fingerprint density at radius 3 is 2.00 bits per heavy atom. The molecule has 0 saturated heterocycles. The molecule has 0 fully saturated rings. The molecule has 0 spiro atoms. The van der Waals surface area contributed by atoms with Gasteiger partial charge in [-0.3, -0.25) is 4.90 Å². The van der Waals surface area contributed by atoms with E-state index >= 15 is 0 Å². The van der Waals surface area contributed by atoms with Gasteiger partial charge in [-0.15, -0.1) is 0 Å². The molecule has 0 aliphatic heterocycles. The van der Waals surface area contributed by atoms with Crippen molar-refractivity contribution in [2.75, 3.05) is 13.2 Å². The second-order valence-electron chi connectivity index (χ2n) is 3.89. The smallest absolute Gasteiger partial charge is 0.0664 e. The van der Waals surface area contributed by atoms with E-state index in [2.05, 4.69) is 18.7 Å². The van der Waals surface area contributed by atoms with E-state index < -0.39 is 0 Å². The van der Waals surface area contributed by atoms with E-state index in [4.69, 9.17) is 5.11 Å². The minimum absolute atomic E-state index is 0.159. The number of hydrogen-bond donors (Lipinski definition) is 2. The van der Waals surface area contributed by atoms with Crippen molar-refractivity contribution in [3.63, 3.8) is 0 Å². The maximum Gasteiger partial charge on any atom is 0.0664 e. The molecule has 2 atom stereocenters. The van der Waals surface area contributed by atoms with E-state index in [0.29, 0.717) is 6.04 Å². The quantitative estimate of drug-likeness (QED) is 0.651. The highest BCUT2D eigenvalue weighted by Gasteiger charge is 2.20. The van der Waals surface area contributed by atoms with Crippen LogP contribution in [-0.4, -0.2) is 46.5 Å². The molecule has 0 bridgehead atoms.